The summed E-state index contributed by atoms with van der Waals surface area (Å²) < 4.78 is 6.78. The summed E-state index contributed by atoms with van der Waals surface area (Å²) in [6.45, 7) is 5.53. The van der Waals surface area contributed by atoms with Crippen LogP contribution in [0, 0.1) is 0 Å². The molecule has 2 fully saturated rings. The highest BCUT2D eigenvalue weighted by atomic mass is 16.5. The summed E-state index contributed by atoms with van der Waals surface area (Å²) >= 11 is 0. The first-order chi connectivity index (χ1) is 11.9. The Morgan fingerprint density at radius 2 is 2.24 bits per heavy atom. The normalized spacial score (nSPS) is 43.4. The van der Waals surface area contributed by atoms with Crippen molar-refractivity contribution in [1.82, 2.24) is 0 Å². The van der Waals surface area contributed by atoms with Gasteiger partial charge in [-0.25, -0.2) is 0 Å². The van der Waals surface area contributed by atoms with Crippen molar-refractivity contribution in [3.05, 3.63) is 35.9 Å². The van der Waals surface area contributed by atoms with Crippen LogP contribution in [0.1, 0.15) is 30.4 Å². The Balaban J connectivity index is 1.83. The third-order valence-corrected chi connectivity index (χ3v) is 7.47. The number of piperidine rings is 1. The summed E-state index contributed by atoms with van der Waals surface area (Å²) in [6, 6.07) is 3.33. The van der Waals surface area contributed by atoms with Gasteiger partial charge in [-0.15, -0.1) is 0 Å². The van der Waals surface area contributed by atoms with Crippen molar-refractivity contribution in [2.75, 3.05) is 20.1 Å². The zero-order chi connectivity index (χ0) is 17.6. The van der Waals surface area contributed by atoms with Crippen LogP contribution in [-0.2, 0) is 16.6 Å². The van der Waals surface area contributed by atoms with Crippen molar-refractivity contribution in [2.45, 2.75) is 48.8 Å². The SMILES string of the molecule is C=CC[N@@+]1(C)CC[C@@]23c4c5ccc(O)c4CC1C2(O)CCC(=O)C3O5. The Hall–Kier alpha value is -1.85. The molecule has 1 saturated heterocycles. The molecule has 25 heavy (non-hydrogen) atoms. The molecule has 2 heterocycles. The molecule has 5 nitrogen and oxygen atoms in total. The molecule has 5 heteroatoms. The number of carbonyl (C=O) groups excluding carboxylic acids is 1. The number of likely N-dealkylation sites (tertiary alicyclic amines) is 1. The summed E-state index contributed by atoms with van der Waals surface area (Å²) in [5, 5.41) is 22.6. The number of hydrogen-bond donors (Lipinski definition) is 2. The quantitative estimate of drug-likeness (QED) is 0.631. The van der Waals surface area contributed by atoms with Gasteiger partial charge in [0, 0.05) is 30.4 Å². The first kappa shape index (κ1) is 15.4. The number of carbonyl (C=O) groups is 1. The lowest BCUT2D eigenvalue weighted by atomic mass is 9.48. The highest BCUT2D eigenvalue weighted by Gasteiger charge is 2.76. The van der Waals surface area contributed by atoms with Crippen LogP contribution in [0.2, 0.25) is 0 Å². The van der Waals surface area contributed by atoms with E-state index in [4.69, 9.17) is 4.74 Å². The van der Waals surface area contributed by atoms with Gasteiger partial charge in [-0.2, -0.15) is 0 Å². The zero-order valence-electron chi connectivity index (χ0n) is 14.5. The Morgan fingerprint density at radius 3 is 3.00 bits per heavy atom. The molecular formula is C20H24NO4+. The standard InChI is InChI=1S/C20H23NO4/c1-3-9-21(2)10-8-19-17-12-11-16(21)20(19,24)7-6-14(23)18(19)25-15(17)5-4-13(12)22/h3-5,16,18,24H,1,6-11H2,2H3/p+1/t16?,18?,19-,20?,21-/m0/s1. The molecule has 5 atom stereocenters. The van der Waals surface area contributed by atoms with E-state index in [1.165, 1.54) is 0 Å². The molecular weight excluding hydrogens is 318 g/mol. The molecule has 2 N–H and O–H groups in total. The molecule has 1 spiro atoms. The van der Waals surface area contributed by atoms with E-state index in [0.717, 1.165) is 24.2 Å². The smallest absolute Gasteiger partial charge is 0.174 e. The zero-order valence-corrected chi connectivity index (χ0v) is 14.5. The van der Waals surface area contributed by atoms with Crippen molar-refractivity contribution < 1.29 is 24.2 Å². The number of Topliss-reactive ketones (excluding diaryl/α,β-unsaturated/α-hetero) is 1. The van der Waals surface area contributed by atoms with Crippen LogP contribution in [0.5, 0.6) is 11.5 Å². The highest BCUT2D eigenvalue weighted by molar-refractivity contribution is 5.89. The first-order valence-corrected chi connectivity index (χ1v) is 9.09. The molecule has 2 aliphatic carbocycles. The number of nitrogens with zero attached hydrogens (tertiary/aromatic N) is 1. The predicted octanol–water partition coefficient (Wildman–Crippen LogP) is 1.45. The summed E-state index contributed by atoms with van der Waals surface area (Å²) in [7, 11) is 2.16. The average molecular weight is 342 g/mol. The Morgan fingerprint density at radius 1 is 1.44 bits per heavy atom. The molecule has 0 aromatic heterocycles. The summed E-state index contributed by atoms with van der Waals surface area (Å²) in [5.41, 5.74) is 0.0490. The number of aliphatic hydroxyl groups is 1. The third-order valence-electron chi connectivity index (χ3n) is 7.47. The molecule has 5 rings (SSSR count). The second-order valence-electron chi connectivity index (χ2n) is 8.44. The molecule has 1 aromatic carbocycles. The summed E-state index contributed by atoms with van der Waals surface area (Å²) in [5.74, 6) is 0.996. The maximum Gasteiger partial charge on any atom is 0.174 e. The number of likely N-dealkylation sites (N-methyl/N-ethyl adjacent to an activating group) is 1. The number of hydrogen-bond acceptors (Lipinski definition) is 4. The van der Waals surface area contributed by atoms with Gasteiger partial charge in [-0.1, -0.05) is 6.58 Å². The van der Waals surface area contributed by atoms with Crippen molar-refractivity contribution >= 4 is 5.78 Å². The molecule has 2 bridgehead atoms. The minimum absolute atomic E-state index is 0.0757. The van der Waals surface area contributed by atoms with Crippen LogP contribution in [0.3, 0.4) is 0 Å². The lowest BCUT2D eigenvalue weighted by Crippen LogP contribution is -2.80. The van der Waals surface area contributed by atoms with Crippen LogP contribution in [-0.4, -0.2) is 58.4 Å². The molecule has 1 aromatic rings. The molecule has 132 valence electrons. The van der Waals surface area contributed by atoms with E-state index in [0.29, 0.717) is 35.9 Å². The Labute approximate surface area is 147 Å². The second kappa shape index (κ2) is 4.46. The first-order valence-electron chi connectivity index (χ1n) is 9.09. The van der Waals surface area contributed by atoms with Crippen LogP contribution >= 0.6 is 0 Å². The lowest BCUT2D eigenvalue weighted by Gasteiger charge is -2.64. The van der Waals surface area contributed by atoms with E-state index in [1.54, 1.807) is 12.1 Å². The fraction of sp³-hybridized carbons (Fsp3) is 0.550. The highest BCUT2D eigenvalue weighted by Crippen LogP contribution is 2.65. The van der Waals surface area contributed by atoms with E-state index >= 15 is 0 Å². The number of rotatable bonds is 2. The number of quaternary nitrogens is 1. The molecule has 1 saturated carbocycles. The van der Waals surface area contributed by atoms with Crippen LogP contribution in [0.15, 0.2) is 24.8 Å². The number of ether oxygens (including phenoxy) is 1. The summed E-state index contributed by atoms with van der Waals surface area (Å²) in [6.07, 6.45) is 3.39. The second-order valence-corrected chi connectivity index (χ2v) is 8.44. The van der Waals surface area contributed by atoms with Gasteiger partial charge in [-0.3, -0.25) is 4.79 Å². The predicted molar refractivity (Wildman–Crippen MR) is 91.6 cm³/mol. The fourth-order valence-electron chi connectivity index (χ4n) is 6.36. The molecule has 0 amide bonds. The van der Waals surface area contributed by atoms with Crippen LogP contribution in [0.4, 0.5) is 0 Å². The minimum Gasteiger partial charge on any atom is -0.508 e. The number of aromatic hydroxyl groups is 1. The van der Waals surface area contributed by atoms with E-state index in [-0.39, 0.29) is 17.6 Å². The van der Waals surface area contributed by atoms with E-state index in [9.17, 15) is 15.0 Å². The number of phenolic OH excluding ortho intramolecular Hbond substituents is 1. The van der Waals surface area contributed by atoms with Gasteiger partial charge >= 0.3 is 0 Å². The van der Waals surface area contributed by atoms with Crippen LogP contribution in [0.25, 0.3) is 0 Å². The van der Waals surface area contributed by atoms with Crippen LogP contribution < -0.4 is 4.74 Å². The van der Waals surface area contributed by atoms with Gasteiger partial charge in [0.1, 0.15) is 23.1 Å². The van der Waals surface area contributed by atoms with Crippen molar-refractivity contribution in [3.8, 4) is 11.5 Å². The van der Waals surface area contributed by atoms with Gasteiger partial charge in [0.2, 0.25) is 0 Å². The number of benzene rings is 1. The minimum atomic E-state index is -0.992. The Kier molecular flexibility index (Phi) is 2.75. The third kappa shape index (κ3) is 1.51. The van der Waals surface area contributed by atoms with Crippen molar-refractivity contribution in [2.24, 2.45) is 0 Å². The van der Waals surface area contributed by atoms with Crippen molar-refractivity contribution in [1.29, 1.82) is 0 Å². The van der Waals surface area contributed by atoms with Gasteiger partial charge in [-0.05, 0) is 24.6 Å². The Bertz CT molecular complexity index is 820. The molecule has 3 unspecified atom stereocenters. The maximum atomic E-state index is 12.7. The monoisotopic (exact) mass is 342 g/mol. The van der Waals surface area contributed by atoms with E-state index < -0.39 is 17.1 Å². The van der Waals surface area contributed by atoms with E-state index in [2.05, 4.69) is 13.6 Å². The van der Waals surface area contributed by atoms with Gasteiger partial charge in [0.15, 0.2) is 11.9 Å². The number of phenols is 1. The topological polar surface area (TPSA) is 66.8 Å². The lowest BCUT2D eigenvalue weighted by molar-refractivity contribution is -0.944. The van der Waals surface area contributed by atoms with Gasteiger partial charge in [0.25, 0.3) is 0 Å². The molecule has 0 radical (unpaired) electrons. The maximum absolute atomic E-state index is 12.7. The molecule has 4 aliphatic rings. The largest absolute Gasteiger partial charge is 0.508 e. The fourth-order valence-corrected chi connectivity index (χ4v) is 6.36. The number of ketones is 1. The van der Waals surface area contributed by atoms with Gasteiger partial charge < -0.3 is 19.4 Å². The molecule has 2 aliphatic heterocycles. The van der Waals surface area contributed by atoms with Gasteiger partial charge in [0.05, 0.1) is 25.6 Å². The van der Waals surface area contributed by atoms with Crippen molar-refractivity contribution in [3.63, 3.8) is 0 Å². The summed E-state index contributed by atoms with van der Waals surface area (Å²) in [4.78, 5) is 12.7. The van der Waals surface area contributed by atoms with E-state index in [1.807, 2.05) is 6.08 Å². The average Bonchev–Trinajstić information content (AvgIpc) is 2.91.